The lowest BCUT2D eigenvalue weighted by Gasteiger charge is -2.13. The first-order chi connectivity index (χ1) is 14.4. The molecule has 0 bridgehead atoms. The van der Waals surface area contributed by atoms with Crippen LogP contribution in [0.5, 0.6) is 0 Å². The van der Waals surface area contributed by atoms with Crippen LogP contribution in [-0.2, 0) is 12.6 Å². The van der Waals surface area contributed by atoms with Crippen molar-refractivity contribution in [3.8, 4) is 10.4 Å². The van der Waals surface area contributed by atoms with E-state index in [1.807, 2.05) is 30.6 Å². The summed E-state index contributed by atoms with van der Waals surface area (Å²) in [5.41, 5.74) is 7.33. The number of anilines is 1. The highest BCUT2D eigenvalue weighted by Crippen LogP contribution is 2.31. The van der Waals surface area contributed by atoms with E-state index in [-0.39, 0.29) is 6.04 Å². The third kappa shape index (κ3) is 4.77. The van der Waals surface area contributed by atoms with Gasteiger partial charge in [-0.2, -0.15) is 13.2 Å². The van der Waals surface area contributed by atoms with Gasteiger partial charge in [0.25, 0.3) is 0 Å². The van der Waals surface area contributed by atoms with Gasteiger partial charge in [0.05, 0.1) is 10.4 Å². The zero-order valence-corrected chi connectivity index (χ0v) is 16.7. The number of aromatic nitrogens is 2. The fourth-order valence-electron chi connectivity index (χ4n) is 3.15. The zero-order valence-electron chi connectivity index (χ0n) is 15.9. The molecular weight excluding hydrogens is 409 g/mol. The Morgan fingerprint density at radius 3 is 2.57 bits per heavy atom. The predicted molar refractivity (Wildman–Crippen MR) is 114 cm³/mol. The molecule has 1 atom stereocenters. The Morgan fingerprint density at radius 1 is 1.00 bits per heavy atom. The van der Waals surface area contributed by atoms with Crippen LogP contribution < -0.4 is 11.1 Å². The second-order valence-electron chi connectivity index (χ2n) is 7.01. The summed E-state index contributed by atoms with van der Waals surface area (Å²) in [6.07, 6.45) is 1.56. The number of fused-ring (bicyclic) bond motifs is 1. The highest BCUT2D eigenvalue weighted by atomic mass is 32.1. The summed E-state index contributed by atoms with van der Waals surface area (Å²) < 4.78 is 37.9. The number of thiazole rings is 1. The average molecular weight is 428 g/mol. The van der Waals surface area contributed by atoms with Crippen molar-refractivity contribution in [1.29, 1.82) is 0 Å². The SMILES string of the molecule is N[C@@H](CNc1ncc(-c2ccc3cnccc3c2)s1)Cc1ccc(C(F)(F)F)cc1. The number of nitrogens with one attached hydrogen (secondary N) is 1. The summed E-state index contributed by atoms with van der Waals surface area (Å²) in [5, 5.41) is 6.17. The number of alkyl halides is 3. The van der Waals surface area contributed by atoms with E-state index in [4.69, 9.17) is 5.73 Å². The van der Waals surface area contributed by atoms with Gasteiger partial charge in [-0.25, -0.2) is 4.98 Å². The minimum Gasteiger partial charge on any atom is -0.360 e. The molecule has 0 amide bonds. The van der Waals surface area contributed by atoms with Gasteiger partial charge in [-0.1, -0.05) is 35.6 Å². The summed E-state index contributed by atoms with van der Waals surface area (Å²) >= 11 is 1.53. The van der Waals surface area contributed by atoms with E-state index in [2.05, 4.69) is 21.4 Å². The summed E-state index contributed by atoms with van der Waals surface area (Å²) in [4.78, 5) is 9.56. The van der Waals surface area contributed by atoms with Gasteiger partial charge in [-0.05, 0) is 47.2 Å². The third-order valence-corrected chi connectivity index (χ3v) is 5.73. The van der Waals surface area contributed by atoms with Crippen LogP contribution in [0.4, 0.5) is 18.3 Å². The first-order valence-electron chi connectivity index (χ1n) is 9.34. The Balaban J connectivity index is 1.35. The molecule has 4 nitrogen and oxygen atoms in total. The lowest BCUT2D eigenvalue weighted by atomic mass is 10.0. The van der Waals surface area contributed by atoms with Crippen molar-refractivity contribution in [2.24, 2.45) is 5.73 Å². The molecule has 4 rings (SSSR count). The normalized spacial score (nSPS) is 12.8. The fourth-order valence-corrected chi connectivity index (χ4v) is 3.97. The molecule has 2 heterocycles. The molecule has 2 aromatic carbocycles. The Morgan fingerprint density at radius 2 is 1.80 bits per heavy atom. The van der Waals surface area contributed by atoms with Crippen molar-refractivity contribution in [2.45, 2.75) is 18.6 Å². The second kappa shape index (κ2) is 8.41. The molecule has 0 saturated carbocycles. The van der Waals surface area contributed by atoms with Crippen LogP contribution in [0, 0.1) is 0 Å². The molecule has 0 aliphatic rings. The van der Waals surface area contributed by atoms with E-state index in [0.717, 1.165) is 44.0 Å². The van der Waals surface area contributed by atoms with Crippen molar-refractivity contribution in [3.63, 3.8) is 0 Å². The molecule has 154 valence electrons. The van der Waals surface area contributed by atoms with Gasteiger partial charge in [0.1, 0.15) is 0 Å². The molecule has 0 unspecified atom stereocenters. The van der Waals surface area contributed by atoms with Crippen LogP contribution >= 0.6 is 11.3 Å². The Bertz CT molecular complexity index is 1140. The molecule has 0 aliphatic carbocycles. The summed E-state index contributed by atoms with van der Waals surface area (Å²) in [5.74, 6) is 0. The quantitative estimate of drug-likeness (QED) is 0.434. The highest BCUT2D eigenvalue weighted by Gasteiger charge is 2.29. The monoisotopic (exact) mass is 428 g/mol. The minimum atomic E-state index is -4.33. The smallest absolute Gasteiger partial charge is 0.360 e. The van der Waals surface area contributed by atoms with Crippen LogP contribution in [0.1, 0.15) is 11.1 Å². The Hall–Kier alpha value is -2.97. The van der Waals surface area contributed by atoms with E-state index < -0.39 is 11.7 Å². The fraction of sp³-hybridized carbons (Fsp3) is 0.182. The largest absolute Gasteiger partial charge is 0.416 e. The maximum Gasteiger partial charge on any atom is 0.416 e. The van der Waals surface area contributed by atoms with Gasteiger partial charge in [0.2, 0.25) is 0 Å². The van der Waals surface area contributed by atoms with E-state index in [1.165, 1.54) is 23.5 Å². The number of rotatable bonds is 6. The van der Waals surface area contributed by atoms with Gasteiger partial charge in [-0.3, -0.25) is 4.98 Å². The number of pyridine rings is 1. The summed E-state index contributed by atoms with van der Waals surface area (Å²) in [6, 6.07) is 13.0. The van der Waals surface area contributed by atoms with Crippen molar-refractivity contribution in [1.82, 2.24) is 9.97 Å². The molecule has 0 saturated heterocycles. The topological polar surface area (TPSA) is 63.8 Å². The van der Waals surface area contributed by atoms with Crippen LogP contribution in [0.25, 0.3) is 21.2 Å². The van der Waals surface area contributed by atoms with Gasteiger partial charge in [-0.15, -0.1) is 0 Å². The number of nitrogens with zero attached hydrogens (tertiary/aromatic N) is 2. The molecule has 2 aromatic heterocycles. The molecule has 8 heteroatoms. The standard InChI is InChI=1S/C22H19F3N4S/c23-22(24,25)18-5-1-14(2-6-18)9-19(26)12-28-21-29-13-20(30-21)16-3-4-17-11-27-8-7-15(17)10-16/h1-8,10-11,13,19H,9,12,26H2,(H,28,29)/t19-/m1/s1. The molecule has 0 aliphatic heterocycles. The molecule has 0 fully saturated rings. The first-order valence-corrected chi connectivity index (χ1v) is 10.2. The molecule has 4 aromatic rings. The van der Waals surface area contributed by atoms with E-state index in [0.29, 0.717) is 13.0 Å². The molecule has 0 spiro atoms. The van der Waals surface area contributed by atoms with Gasteiger partial charge in [0, 0.05) is 36.6 Å². The first kappa shape index (κ1) is 20.3. The van der Waals surface area contributed by atoms with Crippen molar-refractivity contribution in [3.05, 3.63) is 78.2 Å². The van der Waals surface area contributed by atoms with E-state index >= 15 is 0 Å². The van der Waals surface area contributed by atoms with E-state index in [9.17, 15) is 13.2 Å². The molecule has 30 heavy (non-hydrogen) atoms. The molecule has 0 radical (unpaired) electrons. The number of benzene rings is 2. The van der Waals surface area contributed by atoms with Crippen molar-refractivity contribution in [2.75, 3.05) is 11.9 Å². The second-order valence-corrected chi connectivity index (χ2v) is 8.04. The van der Waals surface area contributed by atoms with Crippen LogP contribution in [0.3, 0.4) is 0 Å². The van der Waals surface area contributed by atoms with Gasteiger partial charge >= 0.3 is 6.18 Å². The number of hydrogen-bond donors (Lipinski definition) is 2. The lowest BCUT2D eigenvalue weighted by molar-refractivity contribution is -0.137. The zero-order chi connectivity index (χ0) is 21.1. The molecule has 3 N–H and O–H groups in total. The maximum atomic E-state index is 12.6. The van der Waals surface area contributed by atoms with Crippen LogP contribution in [0.2, 0.25) is 0 Å². The maximum absolute atomic E-state index is 12.6. The minimum absolute atomic E-state index is 0.248. The van der Waals surface area contributed by atoms with Crippen LogP contribution in [0.15, 0.2) is 67.1 Å². The van der Waals surface area contributed by atoms with E-state index in [1.54, 1.807) is 6.20 Å². The van der Waals surface area contributed by atoms with Crippen molar-refractivity contribution < 1.29 is 13.2 Å². The summed E-state index contributed by atoms with van der Waals surface area (Å²) in [6.45, 7) is 0.470. The van der Waals surface area contributed by atoms with Crippen molar-refractivity contribution >= 4 is 27.2 Å². The Labute approximate surface area is 175 Å². The Kier molecular flexibility index (Phi) is 5.69. The lowest BCUT2D eigenvalue weighted by Crippen LogP contribution is -2.31. The van der Waals surface area contributed by atoms with Crippen LogP contribution in [-0.4, -0.2) is 22.6 Å². The highest BCUT2D eigenvalue weighted by molar-refractivity contribution is 7.18. The third-order valence-electron chi connectivity index (χ3n) is 4.73. The molecular formula is C22H19F3N4S. The van der Waals surface area contributed by atoms with Gasteiger partial charge in [0.15, 0.2) is 5.13 Å². The number of halogens is 3. The average Bonchev–Trinajstić information content (AvgIpc) is 3.21. The van der Waals surface area contributed by atoms with Gasteiger partial charge < -0.3 is 11.1 Å². The summed E-state index contributed by atoms with van der Waals surface area (Å²) in [7, 11) is 0. The predicted octanol–water partition coefficient (Wildman–Crippen LogP) is 5.36. The number of nitrogens with two attached hydrogens (primary N) is 1. The number of hydrogen-bond acceptors (Lipinski definition) is 5.